The number of carbonyl (C=O) groups is 1. The average Bonchev–Trinajstić information content (AvgIpc) is 2.28. The molecule has 0 atom stereocenters. The SMILES string of the molecule is CCCCCCCCCC(=O)NCCCBr. The Kier molecular flexibility index (Phi) is 13.0. The third-order valence-electron chi connectivity index (χ3n) is 2.64. The van der Waals surface area contributed by atoms with Crippen molar-refractivity contribution >= 4 is 21.8 Å². The van der Waals surface area contributed by atoms with Gasteiger partial charge in [0.05, 0.1) is 0 Å². The Morgan fingerprint density at radius 3 is 2.25 bits per heavy atom. The van der Waals surface area contributed by atoms with Crippen molar-refractivity contribution in [2.24, 2.45) is 0 Å². The maximum absolute atomic E-state index is 11.3. The summed E-state index contributed by atoms with van der Waals surface area (Å²) in [6, 6.07) is 0. The molecule has 0 rings (SSSR count). The third kappa shape index (κ3) is 12.0. The fourth-order valence-electron chi connectivity index (χ4n) is 1.63. The summed E-state index contributed by atoms with van der Waals surface area (Å²) in [4.78, 5) is 11.3. The van der Waals surface area contributed by atoms with Crippen molar-refractivity contribution in [1.29, 1.82) is 0 Å². The molecular formula is C13H26BrNO. The van der Waals surface area contributed by atoms with E-state index >= 15 is 0 Å². The highest BCUT2D eigenvalue weighted by molar-refractivity contribution is 9.09. The second-order valence-electron chi connectivity index (χ2n) is 4.26. The van der Waals surface area contributed by atoms with Crippen LogP contribution in [-0.2, 0) is 4.79 Å². The fourth-order valence-corrected chi connectivity index (χ4v) is 1.91. The molecule has 3 heteroatoms. The molecule has 0 fully saturated rings. The van der Waals surface area contributed by atoms with Crippen LogP contribution in [0.3, 0.4) is 0 Å². The monoisotopic (exact) mass is 291 g/mol. The van der Waals surface area contributed by atoms with E-state index in [9.17, 15) is 4.79 Å². The maximum atomic E-state index is 11.3. The molecule has 0 saturated carbocycles. The summed E-state index contributed by atoms with van der Waals surface area (Å²) >= 11 is 3.34. The van der Waals surface area contributed by atoms with Crippen LogP contribution in [0.25, 0.3) is 0 Å². The number of rotatable bonds is 11. The predicted molar refractivity (Wildman–Crippen MR) is 74.0 cm³/mol. The summed E-state index contributed by atoms with van der Waals surface area (Å²) in [5, 5.41) is 3.89. The van der Waals surface area contributed by atoms with Gasteiger partial charge in [-0.1, -0.05) is 61.4 Å². The van der Waals surface area contributed by atoms with Crippen LogP contribution in [0.15, 0.2) is 0 Å². The molecule has 1 amide bonds. The Labute approximate surface area is 109 Å². The van der Waals surface area contributed by atoms with E-state index in [1.54, 1.807) is 0 Å². The Hall–Kier alpha value is -0.0500. The van der Waals surface area contributed by atoms with Crippen LogP contribution in [0.5, 0.6) is 0 Å². The first kappa shape index (κ1) is 16.0. The number of hydrogen-bond acceptors (Lipinski definition) is 1. The lowest BCUT2D eigenvalue weighted by atomic mass is 10.1. The van der Waals surface area contributed by atoms with Crippen molar-refractivity contribution in [3.8, 4) is 0 Å². The molecule has 0 heterocycles. The molecule has 0 aliphatic rings. The molecule has 0 unspecified atom stereocenters. The molecule has 0 aromatic carbocycles. The lowest BCUT2D eigenvalue weighted by Gasteiger charge is -2.03. The number of amides is 1. The fraction of sp³-hybridized carbons (Fsp3) is 0.923. The van der Waals surface area contributed by atoms with Crippen LogP contribution in [0.2, 0.25) is 0 Å². The highest BCUT2D eigenvalue weighted by Crippen LogP contribution is 2.08. The van der Waals surface area contributed by atoms with E-state index in [2.05, 4.69) is 28.2 Å². The van der Waals surface area contributed by atoms with Crippen LogP contribution in [0, 0.1) is 0 Å². The number of alkyl halides is 1. The highest BCUT2D eigenvalue weighted by atomic mass is 79.9. The number of unbranched alkanes of at least 4 members (excludes halogenated alkanes) is 6. The third-order valence-corrected chi connectivity index (χ3v) is 3.20. The van der Waals surface area contributed by atoms with Gasteiger partial charge in [0.25, 0.3) is 0 Å². The highest BCUT2D eigenvalue weighted by Gasteiger charge is 1.99. The van der Waals surface area contributed by atoms with Crippen LogP contribution in [-0.4, -0.2) is 17.8 Å². The van der Waals surface area contributed by atoms with Crippen molar-refractivity contribution in [2.45, 2.75) is 64.7 Å². The minimum absolute atomic E-state index is 0.217. The maximum Gasteiger partial charge on any atom is 0.219 e. The molecule has 0 spiro atoms. The number of hydrogen-bond donors (Lipinski definition) is 1. The van der Waals surface area contributed by atoms with Gasteiger partial charge in [0.1, 0.15) is 0 Å². The van der Waals surface area contributed by atoms with Crippen LogP contribution in [0.1, 0.15) is 64.7 Å². The van der Waals surface area contributed by atoms with Gasteiger partial charge >= 0.3 is 0 Å². The van der Waals surface area contributed by atoms with Gasteiger partial charge in [-0.15, -0.1) is 0 Å². The first-order chi connectivity index (χ1) is 7.81. The van der Waals surface area contributed by atoms with E-state index in [0.717, 1.165) is 24.7 Å². The summed E-state index contributed by atoms with van der Waals surface area (Å²) in [7, 11) is 0. The summed E-state index contributed by atoms with van der Waals surface area (Å²) in [6.07, 6.45) is 10.6. The van der Waals surface area contributed by atoms with Crippen molar-refractivity contribution in [3.63, 3.8) is 0 Å². The quantitative estimate of drug-likeness (QED) is 0.452. The molecule has 0 aromatic rings. The molecule has 0 aliphatic heterocycles. The van der Waals surface area contributed by atoms with Gasteiger partial charge in [0.15, 0.2) is 0 Å². The van der Waals surface area contributed by atoms with E-state index < -0.39 is 0 Å². The summed E-state index contributed by atoms with van der Waals surface area (Å²) in [6.45, 7) is 3.04. The molecule has 0 aromatic heterocycles. The van der Waals surface area contributed by atoms with Gasteiger partial charge < -0.3 is 5.32 Å². The van der Waals surface area contributed by atoms with E-state index in [-0.39, 0.29) is 5.91 Å². The Balaban J connectivity index is 3.09. The lowest BCUT2D eigenvalue weighted by Crippen LogP contribution is -2.24. The smallest absolute Gasteiger partial charge is 0.219 e. The normalized spacial score (nSPS) is 10.4. The van der Waals surface area contributed by atoms with Gasteiger partial charge in [-0.25, -0.2) is 0 Å². The molecule has 0 radical (unpaired) electrons. The standard InChI is InChI=1S/C13H26BrNO/c1-2-3-4-5-6-7-8-10-13(16)15-12-9-11-14/h2-12H2,1H3,(H,15,16). The van der Waals surface area contributed by atoms with E-state index in [1.165, 1.54) is 38.5 Å². The van der Waals surface area contributed by atoms with Crippen molar-refractivity contribution in [3.05, 3.63) is 0 Å². The zero-order valence-electron chi connectivity index (χ0n) is 10.6. The van der Waals surface area contributed by atoms with Gasteiger partial charge in [0.2, 0.25) is 5.91 Å². The first-order valence-electron chi connectivity index (χ1n) is 6.64. The van der Waals surface area contributed by atoms with Gasteiger partial charge in [-0.2, -0.15) is 0 Å². The second kappa shape index (κ2) is 13.0. The number of halogens is 1. The van der Waals surface area contributed by atoms with E-state index in [4.69, 9.17) is 0 Å². The zero-order chi connectivity index (χ0) is 12.1. The van der Waals surface area contributed by atoms with Crippen molar-refractivity contribution in [1.82, 2.24) is 5.32 Å². The number of nitrogens with one attached hydrogen (secondary N) is 1. The molecule has 2 nitrogen and oxygen atoms in total. The van der Waals surface area contributed by atoms with Gasteiger partial charge in [-0.05, 0) is 12.8 Å². The lowest BCUT2D eigenvalue weighted by molar-refractivity contribution is -0.121. The minimum atomic E-state index is 0.217. The molecule has 16 heavy (non-hydrogen) atoms. The molecule has 96 valence electrons. The second-order valence-corrected chi connectivity index (χ2v) is 5.06. The molecule has 1 N–H and O–H groups in total. The van der Waals surface area contributed by atoms with Crippen molar-refractivity contribution < 1.29 is 4.79 Å². The van der Waals surface area contributed by atoms with Gasteiger partial charge in [-0.3, -0.25) is 4.79 Å². The Bertz CT molecular complexity index is 162. The Morgan fingerprint density at radius 2 is 1.62 bits per heavy atom. The minimum Gasteiger partial charge on any atom is -0.356 e. The van der Waals surface area contributed by atoms with Gasteiger partial charge in [0, 0.05) is 18.3 Å². The van der Waals surface area contributed by atoms with Crippen LogP contribution >= 0.6 is 15.9 Å². The topological polar surface area (TPSA) is 29.1 Å². The molecule has 0 bridgehead atoms. The molecule has 0 aliphatic carbocycles. The number of carbonyl (C=O) groups excluding carboxylic acids is 1. The summed E-state index contributed by atoms with van der Waals surface area (Å²) < 4.78 is 0. The Morgan fingerprint density at radius 1 is 1.00 bits per heavy atom. The van der Waals surface area contributed by atoms with Crippen molar-refractivity contribution in [2.75, 3.05) is 11.9 Å². The van der Waals surface area contributed by atoms with Crippen LogP contribution in [0.4, 0.5) is 0 Å². The first-order valence-corrected chi connectivity index (χ1v) is 7.76. The molecule has 0 saturated heterocycles. The zero-order valence-corrected chi connectivity index (χ0v) is 12.2. The predicted octanol–water partition coefficient (Wildman–Crippen LogP) is 4.03. The average molecular weight is 292 g/mol. The molecular weight excluding hydrogens is 266 g/mol. The van der Waals surface area contributed by atoms with E-state index in [1.807, 2.05) is 0 Å². The van der Waals surface area contributed by atoms with E-state index in [0.29, 0.717) is 6.42 Å². The summed E-state index contributed by atoms with van der Waals surface area (Å²) in [5.41, 5.74) is 0. The summed E-state index contributed by atoms with van der Waals surface area (Å²) in [5.74, 6) is 0.217. The van der Waals surface area contributed by atoms with Crippen LogP contribution < -0.4 is 5.32 Å². The largest absolute Gasteiger partial charge is 0.356 e.